The van der Waals surface area contributed by atoms with Crippen LogP contribution in [0.2, 0.25) is 0 Å². The van der Waals surface area contributed by atoms with Crippen molar-refractivity contribution in [3.63, 3.8) is 0 Å². The first kappa shape index (κ1) is 19.6. The van der Waals surface area contributed by atoms with Crippen LogP contribution in [0.15, 0.2) is 53.9 Å². The fourth-order valence-electron chi connectivity index (χ4n) is 2.54. The molecule has 0 aliphatic rings. The van der Waals surface area contributed by atoms with E-state index in [4.69, 9.17) is 4.74 Å². The van der Waals surface area contributed by atoms with Crippen molar-refractivity contribution in [2.75, 3.05) is 21.2 Å². The van der Waals surface area contributed by atoms with Gasteiger partial charge in [-0.25, -0.2) is 4.98 Å². The van der Waals surface area contributed by atoms with Crippen molar-refractivity contribution in [1.82, 2.24) is 15.2 Å². The number of benzene rings is 2. The quantitative estimate of drug-likeness (QED) is 0.694. The van der Waals surface area contributed by atoms with Gasteiger partial charge < -0.3 is 15.0 Å². The van der Waals surface area contributed by atoms with Gasteiger partial charge in [0.15, 0.2) is 0 Å². The first-order valence-electron chi connectivity index (χ1n) is 8.66. The Morgan fingerprint density at radius 3 is 2.36 bits per heavy atom. The molecule has 6 nitrogen and oxygen atoms in total. The molecule has 0 bridgehead atoms. The van der Waals surface area contributed by atoms with Crippen molar-refractivity contribution in [3.8, 4) is 16.3 Å². The average Bonchev–Trinajstić information content (AvgIpc) is 3.22. The minimum atomic E-state index is -0.232. The van der Waals surface area contributed by atoms with E-state index in [9.17, 15) is 9.59 Å². The number of ether oxygens (including phenoxy) is 1. The molecule has 144 valence electrons. The Hall–Kier alpha value is -3.19. The Bertz CT molecular complexity index is 963. The van der Waals surface area contributed by atoms with E-state index in [1.54, 1.807) is 38.7 Å². The maximum atomic E-state index is 12.4. The highest BCUT2D eigenvalue weighted by molar-refractivity contribution is 7.13. The van der Waals surface area contributed by atoms with Gasteiger partial charge in [-0.05, 0) is 42.0 Å². The molecule has 1 heterocycles. The van der Waals surface area contributed by atoms with Crippen LogP contribution >= 0.6 is 11.3 Å². The van der Waals surface area contributed by atoms with Gasteiger partial charge in [-0.15, -0.1) is 11.3 Å². The summed E-state index contributed by atoms with van der Waals surface area (Å²) in [5.41, 5.74) is 2.85. The lowest BCUT2D eigenvalue weighted by atomic mass is 10.1. The summed E-state index contributed by atoms with van der Waals surface area (Å²) in [6.45, 7) is 0.366. The highest BCUT2D eigenvalue weighted by Gasteiger charge is 2.12. The highest BCUT2D eigenvalue weighted by Crippen LogP contribution is 2.25. The summed E-state index contributed by atoms with van der Waals surface area (Å²) in [4.78, 5) is 30.2. The van der Waals surface area contributed by atoms with Crippen molar-refractivity contribution < 1.29 is 14.3 Å². The van der Waals surface area contributed by atoms with Gasteiger partial charge in [0.05, 0.1) is 7.11 Å². The number of carbonyl (C=O) groups excluding carboxylic acids is 2. The Morgan fingerprint density at radius 1 is 1.07 bits per heavy atom. The van der Waals surface area contributed by atoms with Crippen LogP contribution in [0.5, 0.6) is 5.75 Å². The minimum absolute atomic E-state index is 0.0517. The van der Waals surface area contributed by atoms with E-state index >= 15 is 0 Å². The number of hydrogen-bond acceptors (Lipinski definition) is 5. The number of nitrogens with one attached hydrogen (secondary N) is 1. The largest absolute Gasteiger partial charge is 0.497 e. The lowest BCUT2D eigenvalue weighted by Crippen LogP contribution is -2.23. The summed E-state index contributed by atoms with van der Waals surface area (Å²) in [7, 11) is 5.05. The van der Waals surface area contributed by atoms with Crippen LogP contribution < -0.4 is 10.1 Å². The smallest absolute Gasteiger partial charge is 0.271 e. The predicted molar refractivity (Wildman–Crippen MR) is 110 cm³/mol. The fraction of sp³-hybridized carbons (Fsp3) is 0.190. The topological polar surface area (TPSA) is 71.5 Å². The molecule has 2 amide bonds. The summed E-state index contributed by atoms with van der Waals surface area (Å²) in [6, 6.07) is 14.7. The number of nitrogens with zero attached hydrogens (tertiary/aromatic N) is 2. The summed E-state index contributed by atoms with van der Waals surface area (Å²) >= 11 is 1.42. The SMILES string of the molecule is COc1ccc(-c2nc(C(=O)NCc3ccc(C(=O)N(C)C)cc3)cs2)cc1. The summed E-state index contributed by atoms with van der Waals surface area (Å²) in [5.74, 6) is 0.491. The molecule has 0 saturated heterocycles. The van der Waals surface area contributed by atoms with Gasteiger partial charge in [-0.1, -0.05) is 12.1 Å². The van der Waals surface area contributed by atoms with Gasteiger partial charge in [-0.2, -0.15) is 0 Å². The predicted octanol–water partition coefficient (Wildman–Crippen LogP) is 3.45. The van der Waals surface area contributed by atoms with E-state index < -0.39 is 0 Å². The van der Waals surface area contributed by atoms with Crippen molar-refractivity contribution >= 4 is 23.2 Å². The van der Waals surface area contributed by atoms with E-state index in [-0.39, 0.29) is 11.8 Å². The van der Waals surface area contributed by atoms with Crippen LogP contribution in [0.4, 0.5) is 0 Å². The van der Waals surface area contributed by atoms with Crippen LogP contribution in [-0.4, -0.2) is 42.9 Å². The second kappa shape index (κ2) is 8.67. The molecule has 3 aromatic rings. The normalized spacial score (nSPS) is 10.4. The molecule has 7 heteroatoms. The monoisotopic (exact) mass is 395 g/mol. The van der Waals surface area contributed by atoms with Crippen LogP contribution in [0.3, 0.4) is 0 Å². The molecule has 0 unspecified atom stereocenters. The summed E-state index contributed by atoms with van der Waals surface area (Å²) in [6.07, 6.45) is 0. The molecular weight excluding hydrogens is 374 g/mol. The zero-order valence-electron chi connectivity index (χ0n) is 15.9. The number of amides is 2. The number of thiazole rings is 1. The van der Waals surface area contributed by atoms with E-state index in [0.717, 1.165) is 21.9 Å². The van der Waals surface area contributed by atoms with Gasteiger partial charge in [0, 0.05) is 37.1 Å². The molecule has 0 radical (unpaired) electrons. The lowest BCUT2D eigenvalue weighted by Gasteiger charge is -2.10. The van der Waals surface area contributed by atoms with Gasteiger partial charge in [0.25, 0.3) is 11.8 Å². The van der Waals surface area contributed by atoms with Gasteiger partial charge >= 0.3 is 0 Å². The summed E-state index contributed by atoms with van der Waals surface area (Å²) in [5, 5.41) is 5.38. The zero-order chi connectivity index (χ0) is 20.1. The van der Waals surface area contributed by atoms with Gasteiger partial charge in [0.2, 0.25) is 0 Å². The molecule has 1 aromatic heterocycles. The number of hydrogen-bond donors (Lipinski definition) is 1. The lowest BCUT2D eigenvalue weighted by molar-refractivity contribution is 0.0827. The average molecular weight is 395 g/mol. The van der Waals surface area contributed by atoms with Crippen LogP contribution in [-0.2, 0) is 6.54 Å². The Balaban J connectivity index is 1.61. The van der Waals surface area contributed by atoms with Crippen molar-refractivity contribution in [1.29, 1.82) is 0 Å². The minimum Gasteiger partial charge on any atom is -0.497 e. The maximum absolute atomic E-state index is 12.4. The van der Waals surface area contributed by atoms with Crippen LogP contribution in [0, 0.1) is 0 Å². The van der Waals surface area contributed by atoms with E-state index in [2.05, 4.69) is 10.3 Å². The standard InChI is InChI=1S/C21H21N3O3S/c1-24(2)21(26)16-6-4-14(5-7-16)12-22-19(25)18-13-28-20(23-18)15-8-10-17(27-3)11-9-15/h4-11,13H,12H2,1-3H3,(H,22,25). The third-order valence-electron chi connectivity index (χ3n) is 4.13. The number of carbonyl (C=O) groups is 2. The third kappa shape index (κ3) is 4.55. The maximum Gasteiger partial charge on any atom is 0.271 e. The van der Waals surface area contributed by atoms with Gasteiger partial charge in [-0.3, -0.25) is 9.59 Å². The second-order valence-corrected chi connectivity index (χ2v) is 7.20. The molecule has 0 atom stereocenters. The molecule has 0 fully saturated rings. The Kier molecular flexibility index (Phi) is 6.06. The molecule has 28 heavy (non-hydrogen) atoms. The second-order valence-electron chi connectivity index (χ2n) is 6.35. The van der Waals surface area contributed by atoms with Crippen molar-refractivity contribution in [2.24, 2.45) is 0 Å². The molecule has 0 aliphatic carbocycles. The molecule has 1 N–H and O–H groups in total. The van der Waals surface area contributed by atoms with E-state index in [1.165, 1.54) is 16.2 Å². The molecular formula is C21H21N3O3S. The molecule has 0 spiro atoms. The summed E-state index contributed by atoms with van der Waals surface area (Å²) < 4.78 is 5.15. The van der Waals surface area contributed by atoms with E-state index in [0.29, 0.717) is 17.8 Å². The van der Waals surface area contributed by atoms with Crippen LogP contribution in [0.25, 0.3) is 10.6 Å². The molecule has 3 rings (SSSR count). The molecule has 0 aliphatic heterocycles. The number of aromatic nitrogens is 1. The Labute approximate surface area is 167 Å². The Morgan fingerprint density at radius 2 is 1.75 bits per heavy atom. The first-order valence-corrected chi connectivity index (χ1v) is 9.54. The van der Waals surface area contributed by atoms with Gasteiger partial charge in [0.1, 0.15) is 16.5 Å². The van der Waals surface area contributed by atoms with Crippen molar-refractivity contribution in [2.45, 2.75) is 6.54 Å². The number of methoxy groups -OCH3 is 1. The fourth-order valence-corrected chi connectivity index (χ4v) is 3.35. The third-order valence-corrected chi connectivity index (χ3v) is 5.03. The highest BCUT2D eigenvalue weighted by atomic mass is 32.1. The molecule has 0 saturated carbocycles. The van der Waals surface area contributed by atoms with E-state index in [1.807, 2.05) is 36.4 Å². The first-order chi connectivity index (χ1) is 13.5. The zero-order valence-corrected chi connectivity index (χ0v) is 16.7. The van der Waals surface area contributed by atoms with Crippen LogP contribution in [0.1, 0.15) is 26.4 Å². The van der Waals surface area contributed by atoms with Crippen molar-refractivity contribution in [3.05, 3.63) is 70.7 Å². The molecule has 2 aromatic carbocycles. The number of rotatable bonds is 6.